The van der Waals surface area contributed by atoms with Gasteiger partial charge in [0.25, 0.3) is 11.8 Å². The van der Waals surface area contributed by atoms with E-state index in [1.165, 1.54) is 30.4 Å². The van der Waals surface area contributed by atoms with Gasteiger partial charge in [0.15, 0.2) is 5.78 Å². The van der Waals surface area contributed by atoms with E-state index in [1.807, 2.05) is 0 Å². The number of halogens is 1. The Balaban J connectivity index is 1.46. The third kappa shape index (κ3) is 3.83. The van der Waals surface area contributed by atoms with Gasteiger partial charge in [0.05, 0.1) is 28.7 Å². The van der Waals surface area contributed by atoms with Crippen molar-refractivity contribution in [3.05, 3.63) is 51.5 Å². The summed E-state index contributed by atoms with van der Waals surface area (Å²) in [6.45, 7) is 1.42. The molecule has 146 valence electrons. The van der Waals surface area contributed by atoms with Gasteiger partial charge >= 0.3 is 0 Å². The Labute approximate surface area is 165 Å². The molecule has 2 aromatic rings. The molecule has 3 atom stereocenters. The van der Waals surface area contributed by atoms with Crippen LogP contribution in [0.15, 0.2) is 29.6 Å². The van der Waals surface area contributed by atoms with Crippen molar-refractivity contribution in [2.24, 2.45) is 0 Å². The maximum absolute atomic E-state index is 14.0. The lowest BCUT2D eigenvalue weighted by Crippen LogP contribution is -2.41. The number of hydrogen-bond acceptors (Lipinski definition) is 5. The van der Waals surface area contributed by atoms with E-state index < -0.39 is 17.6 Å². The average molecular weight is 402 g/mol. The van der Waals surface area contributed by atoms with Gasteiger partial charge in [-0.05, 0) is 50.5 Å². The van der Waals surface area contributed by atoms with Crippen molar-refractivity contribution in [3.8, 4) is 0 Å². The first-order chi connectivity index (χ1) is 13.4. The molecule has 0 saturated carbocycles. The van der Waals surface area contributed by atoms with Crippen molar-refractivity contribution >= 4 is 34.6 Å². The second-order valence-corrected chi connectivity index (χ2v) is 8.04. The molecule has 1 aromatic carbocycles. The quantitative estimate of drug-likeness (QED) is 0.751. The summed E-state index contributed by atoms with van der Waals surface area (Å²) in [5.41, 5.74) is 0.618. The van der Waals surface area contributed by atoms with Crippen LogP contribution in [0.1, 0.15) is 56.6 Å². The maximum atomic E-state index is 14.0. The molecule has 2 aliphatic heterocycles. The van der Waals surface area contributed by atoms with Gasteiger partial charge in [0, 0.05) is 16.6 Å². The molecule has 6 nitrogen and oxygen atoms in total. The highest BCUT2D eigenvalue weighted by Crippen LogP contribution is 2.34. The van der Waals surface area contributed by atoms with Crippen molar-refractivity contribution in [1.29, 1.82) is 0 Å². The zero-order chi connectivity index (χ0) is 19.8. The van der Waals surface area contributed by atoms with Gasteiger partial charge in [0.2, 0.25) is 0 Å². The molecule has 2 fully saturated rings. The topological polar surface area (TPSA) is 84.5 Å². The monoisotopic (exact) mass is 402 g/mol. The van der Waals surface area contributed by atoms with Crippen molar-refractivity contribution < 1.29 is 23.5 Å². The number of thiophene rings is 1. The predicted molar refractivity (Wildman–Crippen MR) is 102 cm³/mol. The minimum absolute atomic E-state index is 0.0238. The number of fused-ring (bicyclic) bond motifs is 2. The maximum Gasteiger partial charge on any atom is 0.256 e. The number of carbonyl (C=O) groups is 3. The van der Waals surface area contributed by atoms with Gasteiger partial charge < -0.3 is 15.4 Å². The van der Waals surface area contributed by atoms with Crippen LogP contribution in [0.3, 0.4) is 0 Å². The zero-order valence-electron chi connectivity index (χ0n) is 15.2. The molecule has 2 bridgehead atoms. The number of amides is 2. The Morgan fingerprint density at radius 2 is 1.93 bits per heavy atom. The first-order valence-electron chi connectivity index (χ1n) is 9.07. The molecular formula is C20H19FN2O4S. The van der Waals surface area contributed by atoms with Crippen LogP contribution in [0.2, 0.25) is 0 Å². The van der Waals surface area contributed by atoms with E-state index in [0.717, 1.165) is 31.4 Å². The number of Topliss-reactive ketones (excluding diaryl/α,β-unsaturated/α-hetero) is 1. The van der Waals surface area contributed by atoms with E-state index >= 15 is 0 Å². The summed E-state index contributed by atoms with van der Waals surface area (Å²) >= 11 is 1.17. The lowest BCUT2D eigenvalue weighted by Gasteiger charge is -2.20. The Morgan fingerprint density at radius 1 is 1.11 bits per heavy atom. The minimum atomic E-state index is -0.623. The molecule has 1 aromatic heterocycles. The Morgan fingerprint density at radius 3 is 2.57 bits per heavy atom. The molecule has 2 amide bonds. The lowest BCUT2D eigenvalue weighted by molar-refractivity contribution is 0.0840. The van der Waals surface area contributed by atoms with E-state index in [-0.39, 0.29) is 35.3 Å². The minimum Gasteiger partial charge on any atom is -0.373 e. The van der Waals surface area contributed by atoms with Crippen molar-refractivity contribution in [2.45, 2.75) is 44.4 Å². The number of ketones is 1. The molecule has 0 aliphatic carbocycles. The molecular weight excluding hydrogens is 383 g/mol. The SMILES string of the molecule is CC(=O)c1cc(C(=O)Nc2cc(F)cc(C(=O)N[C@@H]3C[C@@H]4CC[C@H]3O4)c2)cs1. The fourth-order valence-corrected chi connectivity index (χ4v) is 4.47. The van der Waals surface area contributed by atoms with E-state index in [4.69, 9.17) is 4.74 Å². The van der Waals surface area contributed by atoms with E-state index in [1.54, 1.807) is 5.38 Å². The summed E-state index contributed by atoms with van der Waals surface area (Å²) in [6, 6.07) is 5.14. The molecule has 2 N–H and O–H groups in total. The number of benzene rings is 1. The number of rotatable bonds is 5. The number of nitrogens with one attached hydrogen (secondary N) is 2. The first-order valence-corrected chi connectivity index (χ1v) is 9.95. The van der Waals surface area contributed by atoms with Crippen LogP contribution >= 0.6 is 11.3 Å². The molecule has 0 spiro atoms. The highest BCUT2D eigenvalue weighted by molar-refractivity contribution is 7.12. The molecule has 8 heteroatoms. The normalized spacial score (nSPS) is 22.9. The highest BCUT2D eigenvalue weighted by atomic mass is 32.1. The van der Waals surface area contributed by atoms with Crippen LogP contribution in [0.25, 0.3) is 0 Å². The summed E-state index contributed by atoms with van der Waals surface area (Å²) in [7, 11) is 0. The van der Waals surface area contributed by atoms with Gasteiger partial charge in [-0.25, -0.2) is 4.39 Å². The first kappa shape index (κ1) is 18.8. The van der Waals surface area contributed by atoms with E-state index in [2.05, 4.69) is 10.6 Å². The summed E-state index contributed by atoms with van der Waals surface area (Å²) < 4.78 is 19.7. The van der Waals surface area contributed by atoms with Crippen LogP contribution in [0, 0.1) is 5.82 Å². The van der Waals surface area contributed by atoms with Crippen LogP contribution in [-0.2, 0) is 4.74 Å². The Bertz CT molecular complexity index is 957. The van der Waals surface area contributed by atoms with Gasteiger partial charge in [-0.15, -0.1) is 11.3 Å². The van der Waals surface area contributed by atoms with Crippen molar-refractivity contribution in [2.75, 3.05) is 5.32 Å². The summed E-state index contributed by atoms with van der Waals surface area (Å²) in [5.74, 6) is -1.62. The molecule has 2 saturated heterocycles. The summed E-state index contributed by atoms with van der Waals surface area (Å²) in [5, 5.41) is 7.05. The molecule has 28 heavy (non-hydrogen) atoms. The number of carbonyl (C=O) groups excluding carboxylic acids is 3. The van der Waals surface area contributed by atoms with Crippen LogP contribution in [-0.4, -0.2) is 35.8 Å². The van der Waals surface area contributed by atoms with Crippen molar-refractivity contribution in [1.82, 2.24) is 5.32 Å². The molecule has 0 unspecified atom stereocenters. The molecule has 0 radical (unpaired) electrons. The fraction of sp³-hybridized carbons (Fsp3) is 0.350. The fourth-order valence-electron chi connectivity index (χ4n) is 3.68. The molecule has 3 heterocycles. The molecule has 4 rings (SSSR count). The predicted octanol–water partition coefficient (Wildman–Crippen LogP) is 3.39. The van der Waals surface area contributed by atoms with Gasteiger partial charge in [-0.3, -0.25) is 14.4 Å². The van der Waals surface area contributed by atoms with Gasteiger partial charge in [-0.2, -0.15) is 0 Å². The number of hydrogen-bond donors (Lipinski definition) is 2. The van der Waals surface area contributed by atoms with Crippen LogP contribution < -0.4 is 10.6 Å². The number of ether oxygens (including phenoxy) is 1. The van der Waals surface area contributed by atoms with E-state index in [9.17, 15) is 18.8 Å². The molecule has 2 aliphatic rings. The standard InChI is InChI=1S/C20H19FN2O4S/c1-10(24)18-6-12(9-28-18)20(26)22-14-5-11(4-13(21)7-14)19(25)23-16-8-15-2-3-17(16)27-15/h4-7,9,15-17H,2-3,8H2,1H3,(H,22,26)(H,23,25)/t15-,16+,17+/m0/s1. The summed E-state index contributed by atoms with van der Waals surface area (Å²) in [6.07, 6.45) is 2.93. The van der Waals surface area contributed by atoms with Crippen molar-refractivity contribution in [3.63, 3.8) is 0 Å². The Hall–Kier alpha value is -2.58. The van der Waals surface area contributed by atoms with E-state index in [0.29, 0.717) is 10.4 Å². The largest absolute Gasteiger partial charge is 0.373 e. The third-order valence-electron chi connectivity index (χ3n) is 5.05. The number of anilines is 1. The van der Waals surface area contributed by atoms with Crippen LogP contribution in [0.4, 0.5) is 10.1 Å². The summed E-state index contributed by atoms with van der Waals surface area (Å²) in [4.78, 5) is 36.7. The average Bonchev–Trinajstić information content (AvgIpc) is 3.37. The van der Waals surface area contributed by atoms with Gasteiger partial charge in [0.1, 0.15) is 5.82 Å². The second-order valence-electron chi connectivity index (χ2n) is 7.13. The third-order valence-corrected chi connectivity index (χ3v) is 6.08. The highest BCUT2D eigenvalue weighted by Gasteiger charge is 2.41. The Kier molecular flexibility index (Phi) is 4.99. The lowest BCUT2D eigenvalue weighted by atomic mass is 9.95. The zero-order valence-corrected chi connectivity index (χ0v) is 16.0. The van der Waals surface area contributed by atoms with Crippen LogP contribution in [0.5, 0.6) is 0 Å². The second kappa shape index (κ2) is 7.44. The van der Waals surface area contributed by atoms with Gasteiger partial charge in [-0.1, -0.05) is 0 Å². The smallest absolute Gasteiger partial charge is 0.256 e.